The van der Waals surface area contributed by atoms with Crippen LogP contribution >= 0.6 is 0 Å². The number of carboxylic acids is 1. The molecule has 9 nitrogen and oxygen atoms in total. The van der Waals surface area contributed by atoms with Gasteiger partial charge in [-0.1, -0.05) is 26.2 Å². The van der Waals surface area contributed by atoms with E-state index in [0.29, 0.717) is 32.2 Å². The van der Waals surface area contributed by atoms with Crippen LogP contribution in [-0.2, 0) is 19.2 Å². The van der Waals surface area contributed by atoms with Crippen molar-refractivity contribution < 1.29 is 24.3 Å². The highest BCUT2D eigenvalue weighted by atomic mass is 16.4. The molecule has 3 amide bonds. The standard InChI is InChI=1S/C11H22N2O3.C6H12N2O2/c1-2-3-4-5-8-13-9(11(15)16)6-7-10(12)14;7-5(9)3-1-2-4-6(8)10/h9,13H,2-8H2,1H3,(H2,12,14)(H,15,16);1-4H2,(H2,7,9)(H2,8,10)/t9-;/m0./s1. The van der Waals surface area contributed by atoms with Crippen molar-refractivity contribution in [2.24, 2.45) is 17.2 Å². The summed E-state index contributed by atoms with van der Waals surface area (Å²) in [6, 6.07) is -0.658. The third-order valence-corrected chi connectivity index (χ3v) is 3.49. The van der Waals surface area contributed by atoms with Gasteiger partial charge in [0.2, 0.25) is 17.7 Å². The van der Waals surface area contributed by atoms with Gasteiger partial charge < -0.3 is 27.6 Å². The number of primary amides is 3. The minimum Gasteiger partial charge on any atom is -0.480 e. The first-order chi connectivity index (χ1) is 12.2. The second-order valence-electron chi connectivity index (χ2n) is 6.05. The number of carbonyl (C=O) groups is 4. The Labute approximate surface area is 155 Å². The largest absolute Gasteiger partial charge is 0.480 e. The summed E-state index contributed by atoms with van der Waals surface area (Å²) in [5, 5.41) is 11.8. The fourth-order valence-corrected chi connectivity index (χ4v) is 2.03. The second kappa shape index (κ2) is 17.7. The van der Waals surface area contributed by atoms with Gasteiger partial charge in [-0.2, -0.15) is 0 Å². The Morgan fingerprint density at radius 1 is 0.808 bits per heavy atom. The summed E-state index contributed by atoms with van der Waals surface area (Å²) in [4.78, 5) is 41.7. The minimum atomic E-state index is -0.920. The SMILES string of the molecule is CCCCCCN[C@@H](CCC(N)=O)C(=O)O.NC(=O)CCCCC(N)=O. The van der Waals surface area contributed by atoms with E-state index in [1.165, 1.54) is 6.42 Å². The molecule has 0 aromatic rings. The molecule has 0 heterocycles. The molecule has 0 bridgehead atoms. The third-order valence-electron chi connectivity index (χ3n) is 3.49. The Bertz CT molecular complexity index is 413. The van der Waals surface area contributed by atoms with E-state index in [-0.39, 0.29) is 24.7 Å². The van der Waals surface area contributed by atoms with Crippen molar-refractivity contribution in [2.45, 2.75) is 77.2 Å². The molecule has 1 atom stereocenters. The molecule has 0 aliphatic carbocycles. The predicted octanol–water partition coefficient (Wildman–Crippen LogP) is 0.392. The molecule has 26 heavy (non-hydrogen) atoms. The van der Waals surface area contributed by atoms with Gasteiger partial charge in [-0.05, 0) is 32.2 Å². The number of nitrogens with one attached hydrogen (secondary N) is 1. The summed E-state index contributed by atoms with van der Waals surface area (Å²) < 4.78 is 0. The zero-order valence-corrected chi connectivity index (χ0v) is 15.7. The van der Waals surface area contributed by atoms with E-state index in [9.17, 15) is 19.2 Å². The number of unbranched alkanes of at least 4 members (excludes halogenated alkanes) is 4. The molecule has 0 saturated carbocycles. The molecule has 0 saturated heterocycles. The van der Waals surface area contributed by atoms with Crippen LogP contribution in [0.4, 0.5) is 0 Å². The lowest BCUT2D eigenvalue weighted by atomic mass is 10.1. The number of amides is 3. The summed E-state index contributed by atoms with van der Waals surface area (Å²) in [5.74, 6) is -2.04. The van der Waals surface area contributed by atoms with E-state index in [2.05, 4.69) is 12.2 Å². The molecular formula is C17H34N4O5. The van der Waals surface area contributed by atoms with E-state index >= 15 is 0 Å². The molecule has 9 heteroatoms. The van der Waals surface area contributed by atoms with E-state index in [4.69, 9.17) is 22.3 Å². The van der Waals surface area contributed by atoms with Crippen LogP contribution in [-0.4, -0.2) is 41.4 Å². The van der Waals surface area contributed by atoms with Gasteiger partial charge in [-0.3, -0.25) is 19.2 Å². The number of hydrogen-bond donors (Lipinski definition) is 5. The molecule has 0 unspecified atom stereocenters. The molecule has 0 spiro atoms. The van der Waals surface area contributed by atoms with Crippen molar-refractivity contribution in [1.82, 2.24) is 5.32 Å². The summed E-state index contributed by atoms with van der Waals surface area (Å²) in [7, 11) is 0. The fourth-order valence-electron chi connectivity index (χ4n) is 2.03. The van der Waals surface area contributed by atoms with E-state index < -0.39 is 17.9 Å². The Hall–Kier alpha value is -2.16. The number of carboxylic acid groups (broad SMARTS) is 1. The monoisotopic (exact) mass is 374 g/mol. The van der Waals surface area contributed by atoms with Gasteiger partial charge in [0.15, 0.2) is 0 Å². The Balaban J connectivity index is 0. The quantitative estimate of drug-likeness (QED) is 0.259. The molecule has 8 N–H and O–H groups in total. The molecule has 152 valence electrons. The minimum absolute atomic E-state index is 0.110. The van der Waals surface area contributed by atoms with Crippen LogP contribution in [0.15, 0.2) is 0 Å². The maximum Gasteiger partial charge on any atom is 0.320 e. The van der Waals surface area contributed by atoms with Crippen LogP contribution in [0, 0.1) is 0 Å². The Morgan fingerprint density at radius 3 is 1.69 bits per heavy atom. The normalized spacial score (nSPS) is 11.1. The van der Waals surface area contributed by atoms with Crippen LogP contribution < -0.4 is 22.5 Å². The van der Waals surface area contributed by atoms with Crippen molar-refractivity contribution in [1.29, 1.82) is 0 Å². The summed E-state index contributed by atoms with van der Waals surface area (Å²) in [6.07, 6.45) is 6.75. The number of carbonyl (C=O) groups excluding carboxylic acids is 3. The maximum atomic E-state index is 10.8. The van der Waals surface area contributed by atoms with Gasteiger partial charge in [0, 0.05) is 19.3 Å². The van der Waals surface area contributed by atoms with Crippen LogP contribution in [0.5, 0.6) is 0 Å². The highest BCUT2D eigenvalue weighted by Gasteiger charge is 2.16. The highest BCUT2D eigenvalue weighted by molar-refractivity contribution is 5.77. The summed E-state index contributed by atoms with van der Waals surface area (Å²) >= 11 is 0. The highest BCUT2D eigenvalue weighted by Crippen LogP contribution is 2.01. The summed E-state index contributed by atoms with van der Waals surface area (Å²) in [5.41, 5.74) is 14.7. The number of nitrogens with two attached hydrogens (primary N) is 3. The van der Waals surface area contributed by atoms with Gasteiger partial charge in [0.25, 0.3) is 0 Å². The van der Waals surface area contributed by atoms with E-state index in [1.807, 2.05) is 0 Å². The second-order valence-corrected chi connectivity index (χ2v) is 6.05. The Kier molecular flexibility index (Phi) is 17.7. The first-order valence-electron chi connectivity index (χ1n) is 9.01. The average molecular weight is 374 g/mol. The molecular weight excluding hydrogens is 340 g/mol. The lowest BCUT2D eigenvalue weighted by molar-refractivity contribution is -0.139. The van der Waals surface area contributed by atoms with Crippen LogP contribution in [0.1, 0.15) is 71.1 Å². The average Bonchev–Trinajstić information content (AvgIpc) is 2.54. The third kappa shape index (κ3) is 21.8. The first-order valence-corrected chi connectivity index (χ1v) is 9.01. The van der Waals surface area contributed by atoms with E-state index in [0.717, 1.165) is 19.3 Å². The van der Waals surface area contributed by atoms with Crippen LogP contribution in [0.25, 0.3) is 0 Å². The molecule has 0 radical (unpaired) electrons. The zero-order valence-electron chi connectivity index (χ0n) is 15.7. The topological polar surface area (TPSA) is 179 Å². The maximum absolute atomic E-state index is 10.8. The van der Waals surface area contributed by atoms with Gasteiger partial charge in [-0.25, -0.2) is 0 Å². The first kappa shape index (κ1) is 26.1. The van der Waals surface area contributed by atoms with Crippen molar-refractivity contribution in [3.63, 3.8) is 0 Å². The van der Waals surface area contributed by atoms with Crippen molar-refractivity contribution >= 4 is 23.7 Å². The van der Waals surface area contributed by atoms with Crippen LogP contribution in [0.3, 0.4) is 0 Å². The molecule has 0 aromatic carbocycles. The van der Waals surface area contributed by atoms with Crippen molar-refractivity contribution in [3.05, 3.63) is 0 Å². The summed E-state index contributed by atoms with van der Waals surface area (Å²) in [6.45, 7) is 2.80. The van der Waals surface area contributed by atoms with E-state index in [1.54, 1.807) is 0 Å². The van der Waals surface area contributed by atoms with Crippen LogP contribution in [0.2, 0.25) is 0 Å². The Morgan fingerprint density at radius 2 is 1.31 bits per heavy atom. The smallest absolute Gasteiger partial charge is 0.320 e. The molecule has 0 rings (SSSR count). The van der Waals surface area contributed by atoms with Crippen molar-refractivity contribution in [2.75, 3.05) is 6.54 Å². The number of rotatable bonds is 15. The van der Waals surface area contributed by atoms with Gasteiger partial charge in [0.1, 0.15) is 6.04 Å². The predicted molar refractivity (Wildman–Crippen MR) is 98.9 cm³/mol. The molecule has 0 aliphatic rings. The fraction of sp³-hybridized carbons (Fsp3) is 0.765. The van der Waals surface area contributed by atoms with Gasteiger partial charge >= 0.3 is 5.97 Å². The number of hydrogen-bond acceptors (Lipinski definition) is 5. The van der Waals surface area contributed by atoms with Gasteiger partial charge in [0.05, 0.1) is 0 Å². The number of aliphatic carboxylic acids is 1. The zero-order chi connectivity index (χ0) is 20.4. The molecule has 0 aliphatic heterocycles. The lowest BCUT2D eigenvalue weighted by Crippen LogP contribution is -2.38. The van der Waals surface area contributed by atoms with Crippen molar-refractivity contribution in [3.8, 4) is 0 Å². The van der Waals surface area contributed by atoms with Gasteiger partial charge in [-0.15, -0.1) is 0 Å². The molecule has 0 fully saturated rings. The lowest BCUT2D eigenvalue weighted by Gasteiger charge is -2.13. The molecule has 0 aromatic heterocycles.